The second kappa shape index (κ2) is 5.41. The van der Waals surface area contributed by atoms with Crippen molar-refractivity contribution in [1.29, 1.82) is 0 Å². The summed E-state index contributed by atoms with van der Waals surface area (Å²) in [5, 5.41) is 5.15. The zero-order valence-corrected chi connectivity index (χ0v) is 13.0. The zero-order valence-electron chi connectivity index (χ0n) is 10.6. The molecule has 0 saturated heterocycles. The number of nitrogens with zero attached hydrogens (tertiary/aromatic N) is 2. The molecular formula is C13H11BrFN3OS. The Morgan fingerprint density at radius 1 is 1.50 bits per heavy atom. The third-order valence-electron chi connectivity index (χ3n) is 2.89. The summed E-state index contributed by atoms with van der Waals surface area (Å²) in [6, 6.07) is 4.53. The highest BCUT2D eigenvalue weighted by molar-refractivity contribution is 9.10. The number of hydrogen-bond donors (Lipinski definition) is 1. The van der Waals surface area contributed by atoms with Gasteiger partial charge in [0.2, 0.25) is 5.88 Å². The largest absolute Gasteiger partial charge is 0.480 e. The number of nitrogens with one attached hydrogen (secondary N) is 1. The SMILES string of the molecule is COc1nc2sccn2c1CNc1cc(F)ccc1Br. The standard InChI is InChI=1S/C13H11BrFN3OS/c1-19-12-11(18-4-5-20-13(18)17-12)7-16-10-6-8(15)2-3-9(10)14/h2-6,16H,7H2,1H3. The van der Waals surface area contributed by atoms with Gasteiger partial charge in [-0.3, -0.25) is 4.40 Å². The Morgan fingerprint density at radius 2 is 2.35 bits per heavy atom. The number of thiazole rings is 1. The van der Waals surface area contributed by atoms with Crippen LogP contribution in [0.2, 0.25) is 0 Å². The van der Waals surface area contributed by atoms with Gasteiger partial charge in [0, 0.05) is 16.0 Å². The highest BCUT2D eigenvalue weighted by Crippen LogP contribution is 2.27. The van der Waals surface area contributed by atoms with E-state index in [2.05, 4.69) is 26.2 Å². The van der Waals surface area contributed by atoms with Crippen molar-refractivity contribution in [1.82, 2.24) is 9.38 Å². The summed E-state index contributed by atoms with van der Waals surface area (Å²) in [5.74, 6) is 0.300. The number of imidazole rings is 1. The molecule has 0 atom stereocenters. The molecule has 1 N–H and O–H groups in total. The maximum Gasteiger partial charge on any atom is 0.238 e. The molecule has 0 aliphatic rings. The number of ether oxygens (including phenoxy) is 1. The zero-order chi connectivity index (χ0) is 14.1. The monoisotopic (exact) mass is 355 g/mol. The number of hydrogen-bond acceptors (Lipinski definition) is 4. The molecule has 4 nitrogen and oxygen atoms in total. The predicted octanol–water partition coefficient (Wildman–Crippen LogP) is 3.92. The Kier molecular flexibility index (Phi) is 3.62. The smallest absolute Gasteiger partial charge is 0.238 e. The molecule has 0 amide bonds. The van der Waals surface area contributed by atoms with Crippen LogP contribution in [0.4, 0.5) is 10.1 Å². The highest BCUT2D eigenvalue weighted by Gasteiger charge is 2.13. The fraction of sp³-hybridized carbons (Fsp3) is 0.154. The summed E-state index contributed by atoms with van der Waals surface area (Å²) in [4.78, 5) is 5.25. The predicted molar refractivity (Wildman–Crippen MR) is 81.0 cm³/mol. The molecule has 0 radical (unpaired) electrons. The Labute approximate surface area is 127 Å². The molecule has 20 heavy (non-hydrogen) atoms. The second-order valence-corrected chi connectivity index (χ2v) is 5.83. The van der Waals surface area contributed by atoms with Gasteiger partial charge in [-0.1, -0.05) is 0 Å². The highest BCUT2D eigenvalue weighted by atomic mass is 79.9. The van der Waals surface area contributed by atoms with E-state index in [1.165, 1.54) is 23.5 Å². The Bertz CT molecular complexity index is 755. The quantitative estimate of drug-likeness (QED) is 0.770. The van der Waals surface area contributed by atoms with E-state index in [1.807, 2.05) is 16.0 Å². The van der Waals surface area contributed by atoms with Crippen LogP contribution >= 0.6 is 27.3 Å². The number of rotatable bonds is 4. The fourth-order valence-corrected chi connectivity index (χ4v) is 3.06. The van der Waals surface area contributed by atoms with Gasteiger partial charge in [0.05, 0.1) is 19.3 Å². The van der Waals surface area contributed by atoms with E-state index >= 15 is 0 Å². The first-order chi connectivity index (χ1) is 9.69. The van der Waals surface area contributed by atoms with E-state index in [-0.39, 0.29) is 5.82 Å². The van der Waals surface area contributed by atoms with Crippen molar-refractivity contribution in [3.8, 4) is 5.88 Å². The lowest BCUT2D eigenvalue weighted by molar-refractivity contribution is 0.395. The number of benzene rings is 1. The molecule has 0 spiro atoms. The van der Waals surface area contributed by atoms with E-state index in [1.54, 1.807) is 13.2 Å². The maximum absolute atomic E-state index is 13.3. The van der Waals surface area contributed by atoms with Crippen LogP contribution in [-0.2, 0) is 6.54 Å². The van der Waals surface area contributed by atoms with Gasteiger partial charge in [0.25, 0.3) is 0 Å². The van der Waals surface area contributed by atoms with E-state index in [4.69, 9.17) is 4.74 Å². The van der Waals surface area contributed by atoms with Crippen molar-refractivity contribution in [3.63, 3.8) is 0 Å². The van der Waals surface area contributed by atoms with Gasteiger partial charge >= 0.3 is 0 Å². The first-order valence-electron chi connectivity index (χ1n) is 5.86. The molecule has 1 aromatic carbocycles. The van der Waals surface area contributed by atoms with Gasteiger partial charge in [-0.15, -0.1) is 11.3 Å². The van der Waals surface area contributed by atoms with E-state index in [9.17, 15) is 4.39 Å². The minimum atomic E-state index is -0.281. The maximum atomic E-state index is 13.3. The van der Waals surface area contributed by atoms with Crippen LogP contribution in [0.5, 0.6) is 5.88 Å². The number of anilines is 1. The van der Waals surface area contributed by atoms with Crippen LogP contribution in [0.25, 0.3) is 4.96 Å². The van der Waals surface area contributed by atoms with Crippen LogP contribution < -0.4 is 10.1 Å². The van der Waals surface area contributed by atoms with Crippen molar-refractivity contribution in [2.75, 3.05) is 12.4 Å². The van der Waals surface area contributed by atoms with Gasteiger partial charge < -0.3 is 10.1 Å². The first kappa shape index (κ1) is 13.4. The number of fused-ring (bicyclic) bond motifs is 1. The average molecular weight is 356 g/mol. The molecule has 3 rings (SSSR count). The van der Waals surface area contributed by atoms with E-state index in [0.717, 1.165) is 15.1 Å². The molecule has 2 heterocycles. The molecule has 104 valence electrons. The lowest BCUT2D eigenvalue weighted by Crippen LogP contribution is -2.04. The molecule has 0 aliphatic heterocycles. The molecule has 3 aromatic rings. The van der Waals surface area contributed by atoms with Crippen molar-refractivity contribution in [2.24, 2.45) is 0 Å². The summed E-state index contributed by atoms with van der Waals surface area (Å²) in [6.07, 6.45) is 1.94. The van der Waals surface area contributed by atoms with Crippen LogP contribution in [0.15, 0.2) is 34.2 Å². The molecule has 0 fully saturated rings. The van der Waals surface area contributed by atoms with Crippen LogP contribution in [0, 0.1) is 5.82 Å². The fourth-order valence-electron chi connectivity index (χ4n) is 1.95. The summed E-state index contributed by atoms with van der Waals surface area (Å²) in [5.41, 5.74) is 1.59. The topological polar surface area (TPSA) is 38.6 Å². The van der Waals surface area contributed by atoms with E-state index in [0.29, 0.717) is 18.1 Å². The first-order valence-corrected chi connectivity index (χ1v) is 7.53. The van der Waals surface area contributed by atoms with Crippen molar-refractivity contribution >= 4 is 37.9 Å². The molecule has 7 heteroatoms. The molecule has 0 unspecified atom stereocenters. The van der Waals surface area contributed by atoms with Gasteiger partial charge in [-0.25, -0.2) is 4.39 Å². The summed E-state index contributed by atoms with van der Waals surface area (Å²) < 4.78 is 21.3. The lowest BCUT2D eigenvalue weighted by Gasteiger charge is -2.09. The molecule has 2 aromatic heterocycles. The number of halogens is 2. The average Bonchev–Trinajstić information content (AvgIpc) is 3.00. The van der Waals surface area contributed by atoms with Gasteiger partial charge in [-0.2, -0.15) is 4.98 Å². The minimum absolute atomic E-state index is 0.281. The van der Waals surface area contributed by atoms with Crippen molar-refractivity contribution in [3.05, 3.63) is 45.8 Å². The Morgan fingerprint density at radius 3 is 3.15 bits per heavy atom. The number of aromatic nitrogens is 2. The summed E-state index contributed by atoms with van der Waals surface area (Å²) in [7, 11) is 1.59. The van der Waals surface area contributed by atoms with Crippen molar-refractivity contribution < 1.29 is 9.13 Å². The summed E-state index contributed by atoms with van der Waals surface area (Å²) >= 11 is 4.93. The summed E-state index contributed by atoms with van der Waals surface area (Å²) in [6.45, 7) is 0.489. The van der Waals surface area contributed by atoms with Gasteiger partial charge in [-0.05, 0) is 34.1 Å². The minimum Gasteiger partial charge on any atom is -0.480 e. The Balaban J connectivity index is 1.89. The number of methoxy groups -OCH3 is 1. The van der Waals surface area contributed by atoms with Crippen molar-refractivity contribution in [2.45, 2.75) is 6.54 Å². The van der Waals surface area contributed by atoms with Gasteiger partial charge in [0.1, 0.15) is 11.5 Å². The van der Waals surface area contributed by atoms with Crippen LogP contribution in [-0.4, -0.2) is 16.5 Å². The van der Waals surface area contributed by atoms with Crippen LogP contribution in [0.1, 0.15) is 5.69 Å². The molecule has 0 aliphatic carbocycles. The third-order valence-corrected chi connectivity index (χ3v) is 4.34. The van der Waals surface area contributed by atoms with Gasteiger partial charge in [0.15, 0.2) is 4.96 Å². The lowest BCUT2D eigenvalue weighted by atomic mass is 10.3. The second-order valence-electron chi connectivity index (χ2n) is 4.10. The van der Waals surface area contributed by atoms with E-state index < -0.39 is 0 Å². The Hall–Kier alpha value is -1.60. The third kappa shape index (κ3) is 2.38. The molecular weight excluding hydrogens is 345 g/mol. The normalized spacial score (nSPS) is 10.9. The molecule has 0 saturated carbocycles. The molecule has 0 bridgehead atoms. The van der Waals surface area contributed by atoms with Crippen LogP contribution in [0.3, 0.4) is 0 Å².